The lowest BCUT2D eigenvalue weighted by atomic mass is 10.1. The highest BCUT2D eigenvalue weighted by atomic mass is 32.1. The van der Waals surface area contributed by atoms with Gasteiger partial charge in [0, 0.05) is 18.0 Å². The summed E-state index contributed by atoms with van der Waals surface area (Å²) in [5, 5.41) is 9.89. The molecule has 6 nitrogen and oxygen atoms in total. The van der Waals surface area contributed by atoms with Crippen LogP contribution in [0.4, 0.5) is 5.00 Å². The molecule has 174 valence electrons. The lowest BCUT2D eigenvalue weighted by Crippen LogP contribution is -2.30. The van der Waals surface area contributed by atoms with Crippen molar-refractivity contribution in [2.75, 3.05) is 13.1 Å². The molecule has 2 aliphatic heterocycles. The van der Waals surface area contributed by atoms with E-state index in [2.05, 4.69) is 24.8 Å². The molecule has 0 spiro atoms. The fraction of sp³-hybridized carbons (Fsp3) is 0.385. The summed E-state index contributed by atoms with van der Waals surface area (Å²) in [5.74, 6) is -0.320. The van der Waals surface area contributed by atoms with Crippen molar-refractivity contribution in [2.45, 2.75) is 52.4 Å². The molecule has 4 heterocycles. The number of thiophene rings is 2. The van der Waals surface area contributed by atoms with Crippen LogP contribution in [-0.4, -0.2) is 34.7 Å². The van der Waals surface area contributed by atoms with Crippen molar-refractivity contribution in [1.29, 1.82) is 5.26 Å². The normalized spacial score (nSPS) is 15.4. The summed E-state index contributed by atoms with van der Waals surface area (Å²) in [6, 6.07) is 9.33. The smallest absolute Gasteiger partial charge is 0.261 e. The molecule has 0 aliphatic carbocycles. The van der Waals surface area contributed by atoms with Crippen LogP contribution in [0.1, 0.15) is 67.0 Å². The van der Waals surface area contributed by atoms with Gasteiger partial charge in [0.2, 0.25) is 5.00 Å². The second-order valence-electron chi connectivity index (χ2n) is 8.30. The quantitative estimate of drug-likeness (QED) is 0.285. The molecule has 2 aliphatic rings. The Bertz CT molecular complexity index is 1170. The number of carbonyl (C=O) groups excluding carboxylic acids is 2. The summed E-state index contributed by atoms with van der Waals surface area (Å²) in [6.07, 6.45) is 5.71. The SMILES string of the molecule is [C-]#[N+]c1ccc(C2=C3C(=O)N(CCCCC)C(c4ccc(C#N)s4)=C3C(=O)N2CCCCC)s1. The zero-order chi connectivity index (χ0) is 24.2. The van der Waals surface area contributed by atoms with Crippen molar-refractivity contribution in [2.24, 2.45) is 0 Å². The molecule has 2 aromatic rings. The first-order chi connectivity index (χ1) is 16.5. The summed E-state index contributed by atoms with van der Waals surface area (Å²) < 4.78 is 0. The molecule has 8 heteroatoms. The minimum atomic E-state index is -0.160. The summed E-state index contributed by atoms with van der Waals surface area (Å²) in [7, 11) is 0. The molecule has 0 aromatic carbocycles. The van der Waals surface area contributed by atoms with E-state index in [1.807, 2.05) is 12.1 Å². The first-order valence-electron chi connectivity index (χ1n) is 11.7. The second-order valence-corrected chi connectivity index (χ2v) is 10.4. The first-order valence-corrected chi connectivity index (χ1v) is 13.3. The molecule has 0 atom stereocenters. The van der Waals surface area contributed by atoms with E-state index in [1.165, 1.54) is 22.7 Å². The molecule has 2 aromatic heterocycles. The Kier molecular flexibility index (Phi) is 7.31. The van der Waals surface area contributed by atoms with Gasteiger partial charge in [-0.1, -0.05) is 45.6 Å². The van der Waals surface area contributed by atoms with E-state index in [-0.39, 0.29) is 11.8 Å². The largest absolute Gasteiger partial charge is 0.306 e. The molecule has 0 saturated heterocycles. The zero-order valence-electron chi connectivity index (χ0n) is 19.4. The standard InChI is InChI=1S/C26H26N4O2S2/c1-4-6-8-14-29-23(18-11-10-17(16-27)33-18)21-22(26(29)32)24(19-12-13-20(28-3)34-19)30(25(21)31)15-9-7-5-2/h10-13H,4-9,14-15H2,1-2H3. The number of fused-ring (bicyclic) bond motifs is 1. The van der Waals surface area contributed by atoms with E-state index in [0.717, 1.165) is 48.3 Å². The van der Waals surface area contributed by atoms with Gasteiger partial charge in [-0.25, -0.2) is 4.85 Å². The van der Waals surface area contributed by atoms with Gasteiger partial charge in [-0.15, -0.1) is 11.3 Å². The van der Waals surface area contributed by atoms with Crippen LogP contribution in [0.3, 0.4) is 0 Å². The third-order valence-corrected chi connectivity index (χ3v) is 8.02. The molecule has 0 fully saturated rings. The minimum absolute atomic E-state index is 0.160. The van der Waals surface area contributed by atoms with Crippen LogP contribution in [0.5, 0.6) is 0 Å². The number of unbranched alkanes of at least 4 members (excludes halogenated alkanes) is 4. The van der Waals surface area contributed by atoms with Gasteiger partial charge in [0.15, 0.2) is 0 Å². The molecule has 0 unspecified atom stereocenters. The van der Waals surface area contributed by atoms with Crippen molar-refractivity contribution in [1.82, 2.24) is 9.80 Å². The number of hydrogen-bond acceptors (Lipinski definition) is 5. The topological polar surface area (TPSA) is 68.8 Å². The molecular weight excluding hydrogens is 464 g/mol. The monoisotopic (exact) mass is 490 g/mol. The van der Waals surface area contributed by atoms with Crippen LogP contribution in [0.15, 0.2) is 35.4 Å². The van der Waals surface area contributed by atoms with Gasteiger partial charge in [0.25, 0.3) is 11.8 Å². The van der Waals surface area contributed by atoms with Crippen LogP contribution >= 0.6 is 22.7 Å². The Hall–Kier alpha value is -3.20. The van der Waals surface area contributed by atoms with Crippen molar-refractivity contribution in [3.05, 3.63) is 61.5 Å². The summed E-state index contributed by atoms with van der Waals surface area (Å²) in [6.45, 7) is 12.7. The van der Waals surface area contributed by atoms with E-state index >= 15 is 0 Å². The van der Waals surface area contributed by atoms with Gasteiger partial charge >= 0.3 is 0 Å². The van der Waals surface area contributed by atoms with Gasteiger partial charge < -0.3 is 9.80 Å². The van der Waals surface area contributed by atoms with Crippen LogP contribution in [0.25, 0.3) is 16.2 Å². The molecule has 4 rings (SSSR count). The molecule has 0 radical (unpaired) electrons. The molecule has 0 N–H and O–H groups in total. The summed E-state index contributed by atoms with van der Waals surface area (Å²) in [4.78, 5) is 36.8. The molecule has 34 heavy (non-hydrogen) atoms. The number of nitrogens with zero attached hydrogens (tertiary/aromatic N) is 4. The maximum absolute atomic E-state index is 13.9. The van der Waals surface area contributed by atoms with E-state index in [0.29, 0.717) is 45.5 Å². The maximum atomic E-state index is 13.9. The number of amides is 2. The van der Waals surface area contributed by atoms with Crippen molar-refractivity contribution in [3.63, 3.8) is 0 Å². The average molecular weight is 491 g/mol. The predicted octanol–water partition coefficient (Wildman–Crippen LogP) is 6.42. The van der Waals surface area contributed by atoms with E-state index < -0.39 is 0 Å². The highest BCUT2D eigenvalue weighted by Crippen LogP contribution is 2.49. The highest BCUT2D eigenvalue weighted by molar-refractivity contribution is 7.17. The maximum Gasteiger partial charge on any atom is 0.261 e. The van der Waals surface area contributed by atoms with Crippen LogP contribution in [0.2, 0.25) is 0 Å². The van der Waals surface area contributed by atoms with Crippen LogP contribution in [0, 0.1) is 17.9 Å². The third kappa shape index (κ3) is 4.20. The molecular formula is C26H26N4O2S2. The fourth-order valence-electron chi connectivity index (χ4n) is 4.42. The van der Waals surface area contributed by atoms with Gasteiger partial charge in [-0.05, 0) is 31.0 Å². The minimum Gasteiger partial charge on any atom is -0.306 e. The Morgan fingerprint density at radius 1 is 0.853 bits per heavy atom. The molecule has 0 saturated carbocycles. The number of carbonyl (C=O) groups is 2. The van der Waals surface area contributed by atoms with Crippen molar-refractivity contribution < 1.29 is 9.59 Å². The van der Waals surface area contributed by atoms with E-state index in [1.54, 1.807) is 21.9 Å². The fourth-order valence-corrected chi connectivity index (χ4v) is 6.13. The number of rotatable bonds is 10. The third-order valence-electron chi connectivity index (χ3n) is 6.04. The Balaban J connectivity index is 1.89. The number of nitriles is 1. The first kappa shape index (κ1) is 23.9. The van der Waals surface area contributed by atoms with E-state index in [9.17, 15) is 14.9 Å². The average Bonchev–Trinajstić information content (AvgIpc) is 3.61. The second kappa shape index (κ2) is 10.4. The van der Waals surface area contributed by atoms with Gasteiger partial charge in [0.1, 0.15) is 10.9 Å². The molecule has 0 bridgehead atoms. The summed E-state index contributed by atoms with van der Waals surface area (Å²) >= 11 is 2.62. The zero-order valence-corrected chi connectivity index (χ0v) is 21.0. The number of hydrogen-bond donors (Lipinski definition) is 0. The lowest BCUT2D eigenvalue weighted by Gasteiger charge is -2.24. The van der Waals surface area contributed by atoms with Crippen LogP contribution < -0.4 is 0 Å². The van der Waals surface area contributed by atoms with Crippen molar-refractivity contribution >= 4 is 50.9 Å². The van der Waals surface area contributed by atoms with Gasteiger partial charge in [0.05, 0.1) is 34.0 Å². The van der Waals surface area contributed by atoms with Gasteiger partial charge in [-0.2, -0.15) is 16.6 Å². The van der Waals surface area contributed by atoms with Crippen LogP contribution in [-0.2, 0) is 9.59 Å². The Labute approximate surface area is 208 Å². The van der Waals surface area contributed by atoms with E-state index in [4.69, 9.17) is 6.57 Å². The van der Waals surface area contributed by atoms with Crippen molar-refractivity contribution in [3.8, 4) is 6.07 Å². The Morgan fingerprint density at radius 2 is 1.38 bits per heavy atom. The lowest BCUT2D eigenvalue weighted by molar-refractivity contribution is -0.124. The summed E-state index contributed by atoms with van der Waals surface area (Å²) in [5.41, 5.74) is 2.15. The Morgan fingerprint density at radius 3 is 1.82 bits per heavy atom. The molecule has 2 amide bonds. The highest BCUT2D eigenvalue weighted by Gasteiger charge is 2.49. The van der Waals surface area contributed by atoms with Gasteiger partial charge in [-0.3, -0.25) is 9.59 Å². The predicted molar refractivity (Wildman–Crippen MR) is 136 cm³/mol.